The first-order chi connectivity index (χ1) is 9.13. The molecule has 1 aromatic heterocycles. The molecule has 2 aromatic rings. The fourth-order valence-corrected chi connectivity index (χ4v) is 1.61. The Kier molecular flexibility index (Phi) is 4.06. The molecule has 0 aliphatic carbocycles. The summed E-state index contributed by atoms with van der Waals surface area (Å²) in [5.41, 5.74) is 0.246. The molecule has 19 heavy (non-hydrogen) atoms. The van der Waals surface area contributed by atoms with Crippen molar-refractivity contribution in [2.75, 3.05) is 0 Å². The number of rotatable bonds is 5. The van der Waals surface area contributed by atoms with Crippen LogP contribution in [0.25, 0.3) is 0 Å². The fraction of sp³-hybridized carbons (Fsp3) is 0.250. The monoisotopic (exact) mass is 272 g/mol. The van der Waals surface area contributed by atoms with Crippen molar-refractivity contribution in [3.63, 3.8) is 0 Å². The lowest BCUT2D eigenvalue weighted by Gasteiger charge is -2.11. The predicted octanol–water partition coefficient (Wildman–Crippen LogP) is 2.49. The second-order valence-electron chi connectivity index (χ2n) is 3.70. The van der Waals surface area contributed by atoms with Crippen molar-refractivity contribution in [1.82, 2.24) is 9.55 Å². The van der Waals surface area contributed by atoms with Gasteiger partial charge < -0.3 is 9.84 Å². The van der Waals surface area contributed by atoms with Gasteiger partial charge in [0.2, 0.25) is 0 Å². The summed E-state index contributed by atoms with van der Waals surface area (Å²) in [5.74, 6) is -0.849. The molecule has 0 saturated carbocycles. The van der Waals surface area contributed by atoms with E-state index in [1.165, 1.54) is 18.3 Å². The quantitative estimate of drug-likeness (QED) is 0.909. The predicted molar refractivity (Wildman–Crippen MR) is 60.1 cm³/mol. The van der Waals surface area contributed by atoms with Crippen LogP contribution in [0.5, 0.6) is 5.75 Å². The number of para-hydroxylation sites is 1. The standard InChI is InChI=1S/C12H11F3N2O2/c13-9-3-1-2-8(6-18)11(9)19-7-10-16-4-5-17(10)12(14)15/h1-5,12,18H,6-7H2. The van der Waals surface area contributed by atoms with E-state index in [2.05, 4.69) is 4.98 Å². The molecule has 0 atom stereocenters. The van der Waals surface area contributed by atoms with Crippen LogP contribution < -0.4 is 4.74 Å². The van der Waals surface area contributed by atoms with E-state index >= 15 is 0 Å². The van der Waals surface area contributed by atoms with Gasteiger partial charge in [0.25, 0.3) is 0 Å². The fourth-order valence-electron chi connectivity index (χ4n) is 1.61. The first-order valence-corrected chi connectivity index (χ1v) is 5.44. The first kappa shape index (κ1) is 13.4. The Labute approximate surface area is 107 Å². The van der Waals surface area contributed by atoms with Gasteiger partial charge in [0, 0.05) is 18.0 Å². The number of ether oxygens (including phenoxy) is 1. The lowest BCUT2D eigenvalue weighted by molar-refractivity contribution is 0.0630. The Hall–Kier alpha value is -2.02. The number of halogens is 3. The van der Waals surface area contributed by atoms with Crippen LogP contribution in [-0.2, 0) is 13.2 Å². The zero-order valence-electron chi connectivity index (χ0n) is 9.76. The van der Waals surface area contributed by atoms with E-state index < -0.39 is 19.0 Å². The maximum Gasteiger partial charge on any atom is 0.320 e. The Balaban J connectivity index is 2.17. The minimum atomic E-state index is -2.74. The molecule has 4 nitrogen and oxygen atoms in total. The van der Waals surface area contributed by atoms with E-state index in [9.17, 15) is 13.2 Å². The summed E-state index contributed by atoms with van der Waals surface area (Å²) in [7, 11) is 0. The summed E-state index contributed by atoms with van der Waals surface area (Å²) in [6.45, 7) is -3.46. The van der Waals surface area contributed by atoms with Gasteiger partial charge in [-0.25, -0.2) is 9.37 Å². The van der Waals surface area contributed by atoms with Gasteiger partial charge in [0.15, 0.2) is 17.4 Å². The topological polar surface area (TPSA) is 47.3 Å². The van der Waals surface area contributed by atoms with Crippen molar-refractivity contribution in [3.8, 4) is 5.75 Å². The lowest BCUT2D eigenvalue weighted by Crippen LogP contribution is -2.08. The van der Waals surface area contributed by atoms with Crippen molar-refractivity contribution < 1.29 is 23.0 Å². The van der Waals surface area contributed by atoms with Crippen molar-refractivity contribution in [2.45, 2.75) is 19.8 Å². The van der Waals surface area contributed by atoms with Gasteiger partial charge in [-0.15, -0.1) is 0 Å². The molecule has 0 spiro atoms. The number of aromatic nitrogens is 2. The van der Waals surface area contributed by atoms with E-state index in [-0.39, 0.29) is 23.7 Å². The largest absolute Gasteiger partial charge is 0.482 e. The van der Waals surface area contributed by atoms with Gasteiger partial charge >= 0.3 is 6.55 Å². The summed E-state index contributed by atoms with van der Waals surface area (Å²) in [4.78, 5) is 3.71. The van der Waals surface area contributed by atoms with Crippen LogP contribution in [0, 0.1) is 5.82 Å². The Bertz CT molecular complexity index is 558. The number of aliphatic hydroxyl groups is 1. The lowest BCUT2D eigenvalue weighted by atomic mass is 10.2. The van der Waals surface area contributed by atoms with Crippen LogP contribution >= 0.6 is 0 Å². The molecular formula is C12H11F3N2O2. The smallest absolute Gasteiger partial charge is 0.320 e. The van der Waals surface area contributed by atoms with Crippen LogP contribution in [0.1, 0.15) is 17.9 Å². The molecule has 0 saturated heterocycles. The molecule has 1 N–H and O–H groups in total. The second kappa shape index (κ2) is 5.75. The molecule has 102 valence electrons. The third-order valence-corrected chi connectivity index (χ3v) is 2.52. The average molecular weight is 272 g/mol. The molecule has 0 bridgehead atoms. The number of aliphatic hydroxyl groups excluding tert-OH is 1. The summed E-state index contributed by atoms with van der Waals surface area (Å²) < 4.78 is 44.4. The van der Waals surface area contributed by atoms with Crippen LogP contribution in [0.2, 0.25) is 0 Å². The normalized spacial score (nSPS) is 11.0. The number of nitrogens with zero attached hydrogens (tertiary/aromatic N) is 2. The van der Waals surface area contributed by atoms with Crippen molar-refractivity contribution in [3.05, 3.63) is 47.8 Å². The molecule has 1 aromatic carbocycles. The Morgan fingerprint density at radius 1 is 1.37 bits per heavy atom. The number of imidazole rings is 1. The minimum absolute atomic E-state index is 0.0258. The third-order valence-electron chi connectivity index (χ3n) is 2.52. The van der Waals surface area contributed by atoms with Crippen LogP contribution in [-0.4, -0.2) is 14.7 Å². The molecule has 7 heteroatoms. The zero-order chi connectivity index (χ0) is 13.8. The van der Waals surface area contributed by atoms with Crippen molar-refractivity contribution >= 4 is 0 Å². The minimum Gasteiger partial charge on any atom is -0.482 e. The van der Waals surface area contributed by atoms with Crippen molar-refractivity contribution in [2.24, 2.45) is 0 Å². The highest BCUT2D eigenvalue weighted by Gasteiger charge is 2.14. The maximum absolute atomic E-state index is 13.5. The van der Waals surface area contributed by atoms with E-state index in [1.54, 1.807) is 0 Å². The maximum atomic E-state index is 13.5. The summed E-state index contributed by atoms with van der Waals surface area (Å²) in [6, 6.07) is 4.07. The van der Waals surface area contributed by atoms with Crippen LogP contribution in [0.3, 0.4) is 0 Å². The van der Waals surface area contributed by atoms with E-state index in [0.717, 1.165) is 12.3 Å². The van der Waals surface area contributed by atoms with Gasteiger partial charge in [-0.3, -0.25) is 4.57 Å². The molecule has 0 unspecified atom stereocenters. The molecule has 0 fully saturated rings. The van der Waals surface area contributed by atoms with Gasteiger partial charge in [-0.1, -0.05) is 12.1 Å². The molecule has 0 aliphatic heterocycles. The first-order valence-electron chi connectivity index (χ1n) is 5.44. The summed E-state index contributed by atoms with van der Waals surface area (Å²) in [6.07, 6.45) is 2.32. The highest BCUT2D eigenvalue weighted by Crippen LogP contribution is 2.24. The summed E-state index contributed by atoms with van der Waals surface area (Å²) >= 11 is 0. The zero-order valence-corrected chi connectivity index (χ0v) is 9.76. The van der Waals surface area contributed by atoms with Gasteiger partial charge in [-0.2, -0.15) is 8.78 Å². The van der Waals surface area contributed by atoms with Gasteiger partial charge in [0.05, 0.1) is 6.61 Å². The Morgan fingerprint density at radius 3 is 2.84 bits per heavy atom. The van der Waals surface area contributed by atoms with Crippen LogP contribution in [0.4, 0.5) is 13.2 Å². The highest BCUT2D eigenvalue weighted by molar-refractivity contribution is 5.34. The van der Waals surface area contributed by atoms with Crippen molar-refractivity contribution in [1.29, 1.82) is 0 Å². The Morgan fingerprint density at radius 2 is 2.16 bits per heavy atom. The van der Waals surface area contributed by atoms with Crippen LogP contribution in [0.15, 0.2) is 30.6 Å². The van der Waals surface area contributed by atoms with E-state index in [1.807, 2.05) is 0 Å². The molecule has 2 rings (SSSR count). The number of hydrogen-bond acceptors (Lipinski definition) is 3. The molecule has 0 radical (unpaired) electrons. The highest BCUT2D eigenvalue weighted by atomic mass is 19.3. The number of alkyl halides is 2. The SMILES string of the molecule is OCc1cccc(F)c1OCc1nccn1C(F)F. The van der Waals surface area contributed by atoms with Gasteiger partial charge in [-0.05, 0) is 6.07 Å². The molecule has 0 aliphatic rings. The molecule has 0 amide bonds. The van der Waals surface area contributed by atoms with Gasteiger partial charge in [0.1, 0.15) is 6.61 Å². The number of hydrogen-bond donors (Lipinski definition) is 1. The molecular weight excluding hydrogens is 261 g/mol. The van der Waals surface area contributed by atoms with E-state index in [4.69, 9.17) is 9.84 Å². The van der Waals surface area contributed by atoms with E-state index in [0.29, 0.717) is 4.57 Å². The molecule has 1 heterocycles. The summed E-state index contributed by atoms with van der Waals surface area (Å²) in [5, 5.41) is 9.06. The third kappa shape index (κ3) is 2.87. The number of benzene rings is 1. The second-order valence-corrected chi connectivity index (χ2v) is 3.70. The average Bonchev–Trinajstić information content (AvgIpc) is 2.85.